The summed E-state index contributed by atoms with van der Waals surface area (Å²) in [7, 11) is 0. The lowest BCUT2D eigenvalue weighted by atomic mass is 10.0. The first kappa shape index (κ1) is 8.06. The molecule has 0 bridgehead atoms. The lowest BCUT2D eigenvalue weighted by molar-refractivity contribution is 0.822. The van der Waals surface area contributed by atoms with Crippen molar-refractivity contribution < 1.29 is 0 Å². The molecule has 1 rings (SSSR count). The molecule has 1 unspecified atom stereocenters. The first-order chi connectivity index (χ1) is 5.43. The molecule has 0 nitrogen and oxygen atoms in total. The van der Waals surface area contributed by atoms with Crippen molar-refractivity contribution in [2.45, 2.75) is 13.3 Å². The first-order valence-electron chi connectivity index (χ1n) is 4.06. The van der Waals surface area contributed by atoms with Crippen LogP contribution in [0.3, 0.4) is 0 Å². The smallest absolute Gasteiger partial charge is 0.00126 e. The van der Waals surface area contributed by atoms with E-state index in [0.717, 1.165) is 6.42 Å². The Bertz CT molecular complexity index is 204. The van der Waals surface area contributed by atoms with Crippen molar-refractivity contribution in [2.24, 2.45) is 5.92 Å². The summed E-state index contributed by atoms with van der Waals surface area (Å²) < 4.78 is 0. The predicted molar refractivity (Wildman–Crippen MR) is 50.3 cm³/mol. The van der Waals surface area contributed by atoms with Crippen LogP contribution in [0.1, 0.15) is 13.3 Å². The molecular weight excluding hydrogens is 132 g/mol. The molecule has 0 heteroatoms. The zero-order chi connectivity index (χ0) is 7.94. The highest BCUT2D eigenvalue weighted by Crippen LogP contribution is 2.12. The Kier molecular flexibility index (Phi) is 3.46. The predicted octanol–water partition coefficient (Wildman–Crippen LogP) is 3.25. The molecule has 58 valence electrons. The third-order valence-electron chi connectivity index (χ3n) is 1.68. The number of hydrogen-bond acceptors (Lipinski definition) is 0. The summed E-state index contributed by atoms with van der Waals surface area (Å²) in [6, 6.07) is 0. The van der Waals surface area contributed by atoms with E-state index in [1.165, 1.54) is 0 Å². The fourth-order valence-electron chi connectivity index (χ4n) is 1.06. The number of hydrogen-bond donors (Lipinski definition) is 0. The Labute approximate surface area is 68.6 Å². The maximum Gasteiger partial charge on any atom is -0.00126 e. The van der Waals surface area contributed by atoms with Gasteiger partial charge in [0.2, 0.25) is 0 Å². The quantitative estimate of drug-likeness (QED) is 0.524. The Hall–Kier alpha value is -1.04. The summed E-state index contributed by atoms with van der Waals surface area (Å²) in [5, 5.41) is 0. The summed E-state index contributed by atoms with van der Waals surface area (Å²) in [5.74, 6) is 0.608. The summed E-state index contributed by atoms with van der Waals surface area (Å²) in [4.78, 5) is 0. The van der Waals surface area contributed by atoms with Gasteiger partial charge < -0.3 is 0 Å². The largest absolute Gasteiger partial charge is 0.0877 e. The van der Waals surface area contributed by atoms with E-state index in [1.807, 2.05) is 13.0 Å². The highest BCUT2D eigenvalue weighted by molar-refractivity contribution is 5.17. The summed E-state index contributed by atoms with van der Waals surface area (Å²) in [5.41, 5.74) is 0. The normalized spacial score (nSPS) is 23.9. The van der Waals surface area contributed by atoms with Gasteiger partial charge in [-0.1, -0.05) is 48.6 Å². The van der Waals surface area contributed by atoms with Gasteiger partial charge in [0, 0.05) is 0 Å². The SMILES string of the molecule is C/C=C\C=CC1C=CC=CC1. The van der Waals surface area contributed by atoms with Crippen molar-refractivity contribution in [3.8, 4) is 0 Å². The van der Waals surface area contributed by atoms with E-state index in [1.54, 1.807) is 0 Å². The van der Waals surface area contributed by atoms with Crippen molar-refractivity contribution in [1.82, 2.24) is 0 Å². The van der Waals surface area contributed by atoms with Crippen molar-refractivity contribution in [2.75, 3.05) is 0 Å². The van der Waals surface area contributed by atoms with Gasteiger partial charge in [-0.3, -0.25) is 0 Å². The average Bonchev–Trinajstić information content (AvgIpc) is 2.07. The van der Waals surface area contributed by atoms with Crippen LogP contribution in [0.15, 0.2) is 48.6 Å². The van der Waals surface area contributed by atoms with Crippen molar-refractivity contribution in [3.63, 3.8) is 0 Å². The van der Waals surface area contributed by atoms with Crippen LogP contribution in [0.4, 0.5) is 0 Å². The molecule has 0 aromatic rings. The van der Waals surface area contributed by atoms with E-state index < -0.39 is 0 Å². The molecule has 0 saturated carbocycles. The van der Waals surface area contributed by atoms with E-state index in [9.17, 15) is 0 Å². The van der Waals surface area contributed by atoms with Gasteiger partial charge in [0.1, 0.15) is 0 Å². The molecule has 0 aliphatic heterocycles. The molecule has 0 spiro atoms. The molecule has 1 atom stereocenters. The third-order valence-corrected chi connectivity index (χ3v) is 1.68. The molecule has 0 aromatic heterocycles. The van der Waals surface area contributed by atoms with Crippen LogP contribution < -0.4 is 0 Å². The Balaban J connectivity index is 2.38. The minimum absolute atomic E-state index is 0.608. The third kappa shape index (κ3) is 3.03. The second-order valence-corrected chi connectivity index (χ2v) is 2.62. The van der Waals surface area contributed by atoms with Gasteiger partial charge in [-0.15, -0.1) is 0 Å². The maximum atomic E-state index is 2.22. The van der Waals surface area contributed by atoms with Gasteiger partial charge >= 0.3 is 0 Å². The van der Waals surface area contributed by atoms with Gasteiger partial charge in [0.05, 0.1) is 0 Å². The van der Waals surface area contributed by atoms with E-state index in [2.05, 4.69) is 42.5 Å². The van der Waals surface area contributed by atoms with Gasteiger partial charge in [-0.05, 0) is 19.3 Å². The van der Waals surface area contributed by atoms with Gasteiger partial charge in [0.25, 0.3) is 0 Å². The molecule has 0 amide bonds. The topological polar surface area (TPSA) is 0 Å². The van der Waals surface area contributed by atoms with Crippen LogP contribution in [-0.2, 0) is 0 Å². The molecule has 0 saturated heterocycles. The van der Waals surface area contributed by atoms with Crippen LogP contribution in [0.25, 0.3) is 0 Å². The fourth-order valence-corrected chi connectivity index (χ4v) is 1.06. The number of allylic oxidation sites excluding steroid dienone is 8. The van der Waals surface area contributed by atoms with Crippen LogP contribution in [0, 0.1) is 5.92 Å². The van der Waals surface area contributed by atoms with Crippen molar-refractivity contribution in [1.29, 1.82) is 0 Å². The lowest BCUT2D eigenvalue weighted by Crippen LogP contribution is -1.91. The van der Waals surface area contributed by atoms with Crippen molar-refractivity contribution >= 4 is 0 Å². The zero-order valence-electron chi connectivity index (χ0n) is 6.90. The molecule has 11 heavy (non-hydrogen) atoms. The molecule has 0 fully saturated rings. The lowest BCUT2D eigenvalue weighted by Gasteiger charge is -2.05. The average molecular weight is 146 g/mol. The van der Waals surface area contributed by atoms with E-state index >= 15 is 0 Å². The summed E-state index contributed by atoms with van der Waals surface area (Å²) in [6.07, 6.45) is 18.2. The molecule has 0 N–H and O–H groups in total. The van der Waals surface area contributed by atoms with Crippen LogP contribution in [0.5, 0.6) is 0 Å². The minimum atomic E-state index is 0.608. The molecule has 0 heterocycles. The highest BCUT2D eigenvalue weighted by atomic mass is 14.0. The minimum Gasteiger partial charge on any atom is -0.0877 e. The summed E-state index contributed by atoms with van der Waals surface area (Å²) in [6.45, 7) is 2.03. The molecule has 1 aliphatic carbocycles. The van der Waals surface area contributed by atoms with E-state index in [-0.39, 0.29) is 0 Å². The first-order valence-corrected chi connectivity index (χ1v) is 4.06. The van der Waals surface area contributed by atoms with Gasteiger partial charge in [-0.25, -0.2) is 0 Å². The van der Waals surface area contributed by atoms with Crippen LogP contribution >= 0.6 is 0 Å². The second kappa shape index (κ2) is 4.73. The highest BCUT2D eigenvalue weighted by Gasteiger charge is 1.97. The Morgan fingerprint density at radius 1 is 1.27 bits per heavy atom. The summed E-state index contributed by atoms with van der Waals surface area (Å²) >= 11 is 0. The maximum absolute atomic E-state index is 2.22. The Morgan fingerprint density at radius 3 is 2.82 bits per heavy atom. The molecular formula is C11H14. The molecule has 0 aromatic carbocycles. The van der Waals surface area contributed by atoms with Gasteiger partial charge in [0.15, 0.2) is 0 Å². The fraction of sp³-hybridized carbons (Fsp3) is 0.273. The monoisotopic (exact) mass is 146 g/mol. The van der Waals surface area contributed by atoms with Gasteiger partial charge in [-0.2, -0.15) is 0 Å². The molecule has 1 aliphatic rings. The standard InChI is InChI=1S/C11H14/c1-2-3-5-8-11-9-6-4-7-10-11/h2-9,11H,10H2,1H3/b3-2-,8-5?. The van der Waals surface area contributed by atoms with Crippen LogP contribution in [-0.4, -0.2) is 0 Å². The second-order valence-electron chi connectivity index (χ2n) is 2.62. The zero-order valence-corrected chi connectivity index (χ0v) is 6.90. The Morgan fingerprint density at radius 2 is 2.18 bits per heavy atom. The van der Waals surface area contributed by atoms with Crippen molar-refractivity contribution in [3.05, 3.63) is 48.6 Å². The van der Waals surface area contributed by atoms with E-state index in [4.69, 9.17) is 0 Å². The van der Waals surface area contributed by atoms with Crippen LogP contribution in [0.2, 0.25) is 0 Å². The molecule has 0 radical (unpaired) electrons. The van der Waals surface area contributed by atoms with E-state index in [0.29, 0.717) is 5.92 Å². The number of rotatable bonds is 2.